The normalized spacial score (nSPS) is 11.1. The van der Waals surface area contributed by atoms with Gasteiger partial charge in [-0.2, -0.15) is 0 Å². The van der Waals surface area contributed by atoms with Crippen LogP contribution >= 0.6 is 34.0 Å². The maximum Gasteiger partial charge on any atom is 0.187 e. The second-order valence-corrected chi connectivity index (χ2v) is 20.9. The smallest absolute Gasteiger partial charge is 0.187 e. The number of pyridine rings is 3. The van der Waals surface area contributed by atoms with Crippen LogP contribution in [-0.2, 0) is 0 Å². The van der Waals surface area contributed by atoms with Gasteiger partial charge in [-0.1, -0.05) is 127 Å². The first-order chi connectivity index (χ1) is 38.6. The van der Waals surface area contributed by atoms with Crippen molar-refractivity contribution in [3.8, 4) is 101 Å². The highest BCUT2D eigenvalue weighted by Gasteiger charge is 2.18. The van der Waals surface area contributed by atoms with E-state index in [2.05, 4.69) is 195 Å². The number of thiazole rings is 3. The summed E-state index contributed by atoms with van der Waals surface area (Å²) in [7, 11) is 0. The van der Waals surface area contributed by atoms with E-state index in [1.54, 1.807) is 52.6 Å². The molecule has 3 N–H and O–H groups in total. The summed E-state index contributed by atoms with van der Waals surface area (Å²) in [5.41, 5.74) is 21.4. The molecule has 0 radical (unpaired) electrons. The molecule has 0 bridgehead atoms. The van der Waals surface area contributed by atoms with Gasteiger partial charge in [0.2, 0.25) is 0 Å². The Bertz CT molecular complexity index is 3720. The van der Waals surface area contributed by atoms with Gasteiger partial charge in [0.1, 0.15) is 17.1 Å². The summed E-state index contributed by atoms with van der Waals surface area (Å²) < 4.78 is 0. The zero-order valence-electron chi connectivity index (χ0n) is 41.7. The standard InChI is InChI=1S/C66H45N9S3/c1-4-16-55(52(13-1)43-22-28-49(29-23-43)70-64-73-61(40-76-64)58-19-7-10-34-67-58)46-37-47(56-17-5-2-14-53(56)44-24-30-50(31-25-44)71-65-74-62(41-77-65)59-20-8-11-35-68-59)39-48(38-46)57-18-6-3-15-54(57)45-26-32-51(33-27-45)72-66-75-63(42-78-66)60-21-9-12-36-69-60/h1-42H,(H,70,73)(H,71,74)(H,72,75). The maximum absolute atomic E-state index is 4.82. The van der Waals surface area contributed by atoms with Crippen LogP contribution in [0.25, 0.3) is 101 Å². The molecule has 7 aromatic carbocycles. The molecule has 0 saturated carbocycles. The molecule has 12 heteroatoms. The van der Waals surface area contributed by atoms with Crippen LogP contribution in [0.15, 0.2) is 253 Å². The topological polar surface area (TPSA) is 113 Å². The fourth-order valence-electron chi connectivity index (χ4n) is 9.51. The molecule has 0 fully saturated rings. The molecular weight excluding hydrogens is 1010 g/mol. The van der Waals surface area contributed by atoms with E-state index in [4.69, 9.17) is 15.0 Å². The summed E-state index contributed by atoms with van der Waals surface area (Å²) in [6.07, 6.45) is 5.37. The van der Waals surface area contributed by atoms with Gasteiger partial charge in [-0.05, 0) is 158 Å². The molecule has 0 spiro atoms. The fraction of sp³-hybridized carbons (Fsp3) is 0. The van der Waals surface area contributed by atoms with Gasteiger partial charge in [-0.3, -0.25) is 15.0 Å². The summed E-state index contributed by atoms with van der Waals surface area (Å²) in [6, 6.07) is 76.6. The lowest BCUT2D eigenvalue weighted by atomic mass is 9.86. The highest BCUT2D eigenvalue weighted by atomic mass is 32.1. The molecule has 13 aromatic rings. The van der Waals surface area contributed by atoms with Crippen LogP contribution in [0.3, 0.4) is 0 Å². The molecule has 0 aliphatic rings. The molecule has 0 aliphatic heterocycles. The molecule has 0 aliphatic carbocycles. The first-order valence-electron chi connectivity index (χ1n) is 25.3. The SMILES string of the molecule is c1ccc(-c2csc(Nc3ccc(-c4ccccc4-c4cc(-c5ccccc5-c5ccc(Nc6nc(-c7ccccn7)cs6)cc5)cc(-c5ccccc5-c5ccc(Nc6nc(-c7ccccn7)cs6)cc5)c4)cc3)n2)nc1. The van der Waals surface area contributed by atoms with Crippen molar-refractivity contribution in [3.63, 3.8) is 0 Å². The Labute approximate surface area is 463 Å². The number of hydrogen-bond acceptors (Lipinski definition) is 12. The molecule has 78 heavy (non-hydrogen) atoms. The summed E-state index contributed by atoms with van der Waals surface area (Å²) in [6.45, 7) is 0. The van der Waals surface area contributed by atoms with Gasteiger partial charge in [0.25, 0.3) is 0 Å². The fourth-order valence-corrected chi connectivity index (χ4v) is 11.7. The zero-order chi connectivity index (χ0) is 52.0. The second kappa shape index (κ2) is 21.9. The molecule has 0 unspecified atom stereocenters. The lowest BCUT2D eigenvalue weighted by Gasteiger charge is -2.18. The lowest BCUT2D eigenvalue weighted by Crippen LogP contribution is -1.93. The van der Waals surface area contributed by atoms with Gasteiger partial charge in [0.05, 0.1) is 17.1 Å². The van der Waals surface area contributed by atoms with Crippen LogP contribution in [0.2, 0.25) is 0 Å². The number of aromatic nitrogens is 6. The largest absolute Gasteiger partial charge is 0.332 e. The Hall–Kier alpha value is -9.72. The van der Waals surface area contributed by atoms with Gasteiger partial charge in [0, 0.05) is 51.8 Å². The van der Waals surface area contributed by atoms with Gasteiger partial charge in [-0.15, -0.1) is 34.0 Å². The maximum atomic E-state index is 4.82. The van der Waals surface area contributed by atoms with E-state index in [-0.39, 0.29) is 0 Å². The Morgan fingerprint density at radius 1 is 0.244 bits per heavy atom. The molecule has 0 atom stereocenters. The van der Waals surface area contributed by atoms with Gasteiger partial charge < -0.3 is 16.0 Å². The monoisotopic (exact) mass is 1060 g/mol. The summed E-state index contributed by atoms with van der Waals surface area (Å²) >= 11 is 4.69. The Kier molecular flexibility index (Phi) is 13.4. The Morgan fingerprint density at radius 3 is 0.756 bits per heavy atom. The van der Waals surface area contributed by atoms with Crippen molar-refractivity contribution in [2.75, 3.05) is 16.0 Å². The number of benzene rings is 7. The van der Waals surface area contributed by atoms with E-state index in [0.717, 1.165) is 133 Å². The summed E-state index contributed by atoms with van der Waals surface area (Å²) in [5.74, 6) is 0. The molecule has 372 valence electrons. The van der Waals surface area contributed by atoms with Crippen molar-refractivity contribution in [1.82, 2.24) is 29.9 Å². The molecule has 13 rings (SSSR count). The van der Waals surface area contributed by atoms with Crippen LogP contribution in [0.5, 0.6) is 0 Å². The van der Waals surface area contributed by atoms with Gasteiger partial charge in [0.15, 0.2) is 15.4 Å². The number of anilines is 6. The summed E-state index contributed by atoms with van der Waals surface area (Å²) in [5, 5.41) is 19.1. The van der Waals surface area contributed by atoms with Crippen molar-refractivity contribution in [3.05, 3.63) is 253 Å². The minimum Gasteiger partial charge on any atom is -0.332 e. The third-order valence-electron chi connectivity index (χ3n) is 13.3. The second-order valence-electron chi connectivity index (χ2n) is 18.3. The molecule has 0 amide bonds. The number of rotatable bonds is 15. The molecule has 9 nitrogen and oxygen atoms in total. The van der Waals surface area contributed by atoms with Crippen molar-refractivity contribution in [2.45, 2.75) is 0 Å². The molecule has 6 aromatic heterocycles. The highest BCUT2D eigenvalue weighted by Crippen LogP contribution is 2.43. The van der Waals surface area contributed by atoms with E-state index >= 15 is 0 Å². The van der Waals surface area contributed by atoms with Crippen LogP contribution in [0, 0.1) is 0 Å². The van der Waals surface area contributed by atoms with Crippen LogP contribution in [-0.4, -0.2) is 29.9 Å². The third kappa shape index (κ3) is 10.5. The Balaban J connectivity index is 0.848. The molecule has 6 heterocycles. The van der Waals surface area contributed by atoms with Crippen molar-refractivity contribution in [1.29, 1.82) is 0 Å². The third-order valence-corrected chi connectivity index (χ3v) is 15.6. The van der Waals surface area contributed by atoms with Gasteiger partial charge >= 0.3 is 0 Å². The zero-order valence-corrected chi connectivity index (χ0v) is 44.1. The lowest BCUT2D eigenvalue weighted by molar-refractivity contribution is 1.28. The van der Waals surface area contributed by atoms with Crippen LogP contribution < -0.4 is 16.0 Å². The first kappa shape index (κ1) is 48.0. The van der Waals surface area contributed by atoms with Crippen LogP contribution in [0.4, 0.5) is 32.5 Å². The van der Waals surface area contributed by atoms with E-state index in [1.165, 1.54) is 0 Å². The average Bonchev–Trinajstić information content (AvgIpc) is 4.36. The van der Waals surface area contributed by atoms with E-state index in [9.17, 15) is 0 Å². The predicted octanol–water partition coefficient (Wildman–Crippen LogP) is 18.5. The number of nitrogens with one attached hydrogen (secondary N) is 3. The average molecular weight is 1060 g/mol. The van der Waals surface area contributed by atoms with Gasteiger partial charge in [-0.25, -0.2) is 15.0 Å². The number of nitrogens with zero attached hydrogens (tertiary/aromatic N) is 6. The first-order valence-corrected chi connectivity index (χ1v) is 27.9. The van der Waals surface area contributed by atoms with Crippen molar-refractivity contribution < 1.29 is 0 Å². The predicted molar refractivity (Wildman–Crippen MR) is 325 cm³/mol. The van der Waals surface area contributed by atoms with E-state index in [0.29, 0.717) is 0 Å². The Morgan fingerprint density at radius 2 is 0.500 bits per heavy atom. The minimum atomic E-state index is 0.812. The van der Waals surface area contributed by atoms with Crippen LogP contribution in [0.1, 0.15) is 0 Å². The quantitative estimate of drug-likeness (QED) is 0.0924. The van der Waals surface area contributed by atoms with Crippen molar-refractivity contribution in [2.24, 2.45) is 0 Å². The minimum absolute atomic E-state index is 0.812. The molecule has 0 saturated heterocycles. The molecular formula is C66H45N9S3. The van der Waals surface area contributed by atoms with E-state index in [1.807, 2.05) is 70.7 Å². The number of hydrogen-bond donors (Lipinski definition) is 3. The van der Waals surface area contributed by atoms with E-state index < -0.39 is 0 Å². The summed E-state index contributed by atoms with van der Waals surface area (Å²) in [4.78, 5) is 27.9. The van der Waals surface area contributed by atoms with Crippen molar-refractivity contribution >= 4 is 66.5 Å². The highest BCUT2D eigenvalue weighted by molar-refractivity contribution is 7.14.